The van der Waals surface area contributed by atoms with Crippen LogP contribution in [0, 0.1) is 0 Å². The summed E-state index contributed by atoms with van der Waals surface area (Å²) in [6.07, 6.45) is 1.07. The standard InChI is InChI=1S/C3H6N4/c1-7-2-5-6-3(7)4/h2H,1H3,(H2,4,6)/i1D3. The predicted octanol–water partition coefficient (Wildman–Crippen LogP) is -0.603. The Morgan fingerprint density at radius 3 is 3.29 bits per heavy atom. The largest absolute Gasteiger partial charge is 0.368 e. The first-order chi connectivity index (χ1) is 4.52. The summed E-state index contributed by atoms with van der Waals surface area (Å²) in [6.45, 7) is -2.27. The van der Waals surface area contributed by atoms with E-state index in [9.17, 15) is 0 Å². The van der Waals surface area contributed by atoms with Gasteiger partial charge >= 0.3 is 0 Å². The van der Waals surface area contributed by atoms with E-state index in [1.54, 1.807) is 0 Å². The van der Waals surface area contributed by atoms with Crippen LogP contribution >= 0.6 is 0 Å². The molecule has 0 aliphatic heterocycles. The first-order valence-corrected chi connectivity index (χ1v) is 1.68. The monoisotopic (exact) mass is 101 g/mol. The molecule has 0 saturated carbocycles. The van der Waals surface area contributed by atoms with E-state index in [1.165, 1.54) is 0 Å². The molecule has 0 unspecified atom stereocenters. The van der Waals surface area contributed by atoms with Crippen LogP contribution in [0.4, 0.5) is 5.95 Å². The smallest absolute Gasteiger partial charge is 0.221 e. The average molecular weight is 101 g/mol. The number of rotatable bonds is 0. The Labute approximate surface area is 45.2 Å². The number of anilines is 1. The third-order valence-electron chi connectivity index (χ3n) is 0.574. The maximum absolute atomic E-state index is 6.87. The molecule has 0 atom stereocenters. The van der Waals surface area contributed by atoms with Gasteiger partial charge < -0.3 is 10.3 Å². The highest BCUT2D eigenvalue weighted by Gasteiger charge is 1.86. The first-order valence-electron chi connectivity index (χ1n) is 3.18. The van der Waals surface area contributed by atoms with Gasteiger partial charge in [-0.1, -0.05) is 0 Å². The predicted molar refractivity (Wildman–Crippen MR) is 25.4 cm³/mol. The lowest BCUT2D eigenvalue weighted by Gasteiger charge is -1.84. The van der Waals surface area contributed by atoms with Crippen molar-refractivity contribution in [2.24, 2.45) is 6.98 Å². The van der Waals surface area contributed by atoms with Crippen molar-refractivity contribution in [1.29, 1.82) is 0 Å². The van der Waals surface area contributed by atoms with E-state index >= 15 is 0 Å². The number of nitrogens with zero attached hydrogens (tertiary/aromatic N) is 3. The van der Waals surface area contributed by atoms with Crippen molar-refractivity contribution in [2.75, 3.05) is 5.73 Å². The van der Waals surface area contributed by atoms with Gasteiger partial charge in [-0.2, -0.15) is 0 Å². The fourth-order valence-corrected chi connectivity index (χ4v) is 0.244. The van der Waals surface area contributed by atoms with Crippen molar-refractivity contribution >= 4 is 5.95 Å². The zero-order valence-electron chi connectivity index (χ0n) is 6.50. The minimum atomic E-state index is -2.27. The second-order valence-electron chi connectivity index (χ2n) is 1.06. The van der Waals surface area contributed by atoms with Gasteiger partial charge in [0.05, 0.1) is 0 Å². The maximum atomic E-state index is 6.87. The average Bonchev–Trinajstić information content (AvgIpc) is 2.11. The van der Waals surface area contributed by atoms with Gasteiger partial charge in [-0.05, 0) is 0 Å². The van der Waals surface area contributed by atoms with Crippen molar-refractivity contribution in [3.05, 3.63) is 6.33 Å². The molecular weight excluding hydrogens is 92.1 g/mol. The lowest BCUT2D eigenvalue weighted by atomic mass is 11.0. The molecule has 1 aromatic heterocycles. The fourth-order valence-electron chi connectivity index (χ4n) is 0.244. The number of aromatic nitrogens is 3. The molecule has 0 amide bonds. The molecule has 7 heavy (non-hydrogen) atoms. The number of hydrogen-bond donors (Lipinski definition) is 1. The Bertz CT molecular complexity index is 226. The summed E-state index contributed by atoms with van der Waals surface area (Å²) in [5, 5.41) is 6.63. The fraction of sp³-hybridized carbons (Fsp3) is 0.333. The van der Waals surface area contributed by atoms with Gasteiger partial charge in [0, 0.05) is 11.1 Å². The molecule has 38 valence electrons. The van der Waals surface area contributed by atoms with E-state index in [-0.39, 0.29) is 5.95 Å². The Balaban J connectivity index is 3.05. The van der Waals surface area contributed by atoms with E-state index in [0.717, 1.165) is 10.9 Å². The molecule has 0 aliphatic carbocycles. The lowest BCUT2D eigenvalue weighted by molar-refractivity contribution is 0.924. The molecule has 0 fully saturated rings. The molecule has 1 rings (SSSR count). The van der Waals surface area contributed by atoms with Crippen molar-refractivity contribution in [3.63, 3.8) is 0 Å². The number of hydrogen-bond acceptors (Lipinski definition) is 3. The van der Waals surface area contributed by atoms with Crippen molar-refractivity contribution in [3.8, 4) is 0 Å². The molecule has 4 nitrogen and oxygen atoms in total. The SMILES string of the molecule is [2H]C([2H])([2H])n1cnnc1N. The third kappa shape index (κ3) is 0.534. The van der Waals surface area contributed by atoms with Gasteiger partial charge in [0.1, 0.15) is 6.33 Å². The highest BCUT2D eigenvalue weighted by atomic mass is 15.3. The highest BCUT2D eigenvalue weighted by molar-refractivity contribution is 5.11. The molecule has 2 N–H and O–H groups in total. The van der Waals surface area contributed by atoms with Crippen LogP contribution in [0.15, 0.2) is 6.33 Å². The van der Waals surface area contributed by atoms with Crippen molar-refractivity contribution in [2.45, 2.75) is 0 Å². The van der Waals surface area contributed by atoms with Crippen LogP contribution in [0.5, 0.6) is 0 Å². The molecule has 0 bridgehead atoms. The Kier molecular flexibility index (Phi) is 0.315. The molecule has 0 aliphatic rings. The van der Waals surface area contributed by atoms with Crippen LogP contribution < -0.4 is 5.73 Å². The third-order valence-corrected chi connectivity index (χ3v) is 0.574. The van der Waals surface area contributed by atoms with Gasteiger partial charge in [0.15, 0.2) is 0 Å². The minimum absolute atomic E-state index is 0.0972. The summed E-state index contributed by atoms with van der Waals surface area (Å²) in [5.41, 5.74) is 5.16. The van der Waals surface area contributed by atoms with Crippen molar-refractivity contribution < 1.29 is 4.11 Å². The van der Waals surface area contributed by atoms with E-state index < -0.39 is 6.98 Å². The second kappa shape index (κ2) is 1.22. The van der Waals surface area contributed by atoms with Gasteiger partial charge in [0.2, 0.25) is 5.95 Å². The summed E-state index contributed by atoms with van der Waals surface area (Å²) < 4.78 is 21.4. The van der Waals surface area contributed by atoms with Gasteiger partial charge in [-0.15, -0.1) is 10.2 Å². The summed E-state index contributed by atoms with van der Waals surface area (Å²) in [6, 6.07) is 0. The topological polar surface area (TPSA) is 56.7 Å². The number of nitrogen functional groups attached to an aromatic ring is 1. The Morgan fingerprint density at radius 2 is 3.00 bits per heavy atom. The van der Waals surface area contributed by atoms with Crippen LogP contribution in [-0.4, -0.2) is 14.8 Å². The lowest BCUT2D eigenvalue weighted by Crippen LogP contribution is -1.94. The van der Waals surface area contributed by atoms with E-state index in [1.807, 2.05) is 0 Å². The van der Waals surface area contributed by atoms with Crippen LogP contribution in [0.1, 0.15) is 4.11 Å². The number of aryl methyl sites for hydroxylation is 1. The summed E-state index contributed by atoms with van der Waals surface area (Å²) in [7, 11) is 0. The zero-order chi connectivity index (χ0) is 7.78. The normalized spacial score (nSPS) is 17.4. The molecule has 4 heteroatoms. The molecule has 0 aromatic carbocycles. The number of nitrogens with two attached hydrogens (primary N) is 1. The van der Waals surface area contributed by atoms with Gasteiger partial charge in [-0.3, -0.25) is 0 Å². The van der Waals surface area contributed by atoms with E-state index in [0.29, 0.717) is 0 Å². The molecular formula is C3H6N4. The first kappa shape index (κ1) is 1.81. The quantitative estimate of drug-likeness (QED) is 0.474. The van der Waals surface area contributed by atoms with E-state index in [4.69, 9.17) is 9.85 Å². The summed E-state index contributed by atoms with van der Waals surface area (Å²) in [5.74, 6) is -0.0972. The van der Waals surface area contributed by atoms with Crippen LogP contribution in [0.2, 0.25) is 0 Å². The highest BCUT2D eigenvalue weighted by Crippen LogP contribution is 1.86. The van der Waals surface area contributed by atoms with Crippen LogP contribution in [-0.2, 0) is 6.98 Å². The second-order valence-corrected chi connectivity index (χ2v) is 1.06. The minimum Gasteiger partial charge on any atom is -0.368 e. The van der Waals surface area contributed by atoms with Crippen LogP contribution in [0.25, 0.3) is 0 Å². The molecule has 0 spiro atoms. The van der Waals surface area contributed by atoms with Crippen LogP contribution in [0.3, 0.4) is 0 Å². The molecule has 1 heterocycles. The zero-order valence-corrected chi connectivity index (χ0v) is 3.50. The molecule has 0 saturated heterocycles. The molecule has 0 radical (unpaired) electrons. The Hall–Kier alpha value is -1.06. The van der Waals surface area contributed by atoms with Crippen molar-refractivity contribution in [1.82, 2.24) is 14.8 Å². The summed E-state index contributed by atoms with van der Waals surface area (Å²) >= 11 is 0. The Morgan fingerprint density at radius 1 is 2.14 bits per heavy atom. The van der Waals surface area contributed by atoms with E-state index in [2.05, 4.69) is 10.2 Å². The van der Waals surface area contributed by atoms with Gasteiger partial charge in [-0.25, -0.2) is 0 Å². The summed E-state index contributed by atoms with van der Waals surface area (Å²) in [4.78, 5) is 0. The van der Waals surface area contributed by atoms with Gasteiger partial charge in [0.25, 0.3) is 0 Å². The molecule has 1 aromatic rings. The maximum Gasteiger partial charge on any atom is 0.221 e.